The number of hydrogen-bond acceptors (Lipinski definition) is 1. The summed E-state index contributed by atoms with van der Waals surface area (Å²) in [4.78, 5) is 0. The monoisotopic (exact) mass is 396 g/mol. The van der Waals surface area contributed by atoms with Gasteiger partial charge in [-0.25, -0.2) is 4.39 Å². The minimum atomic E-state index is -2.88. The summed E-state index contributed by atoms with van der Waals surface area (Å²) in [6.07, 6.45) is 6.64. The maximum atomic E-state index is 15.2. The predicted octanol–water partition coefficient (Wildman–Crippen LogP) is 7.71. The maximum Gasteiger partial charge on any atom is 0.387 e. The highest BCUT2D eigenvalue weighted by atomic mass is 19.3. The summed E-state index contributed by atoms with van der Waals surface area (Å²) < 4.78 is 44.1. The van der Waals surface area contributed by atoms with E-state index in [0.29, 0.717) is 28.3 Å². The Morgan fingerprint density at radius 2 is 1.66 bits per heavy atom. The Kier molecular flexibility index (Phi) is 5.61. The number of benzene rings is 3. The smallest absolute Gasteiger partial charge is 0.387 e. The first-order chi connectivity index (χ1) is 14.0. The van der Waals surface area contributed by atoms with E-state index in [-0.39, 0.29) is 11.6 Å². The Morgan fingerprint density at radius 3 is 2.31 bits per heavy atom. The molecule has 0 heterocycles. The number of alkyl halides is 2. The van der Waals surface area contributed by atoms with Crippen LogP contribution in [0.4, 0.5) is 13.2 Å². The van der Waals surface area contributed by atoms with Gasteiger partial charge < -0.3 is 4.74 Å². The first kappa shape index (κ1) is 19.6. The molecular weight excluding hydrogens is 373 g/mol. The molecule has 0 N–H and O–H groups in total. The maximum absolute atomic E-state index is 15.2. The standard InChI is InChI=1S/C25H23F3O/c1-2-16-3-5-17(6-4-16)19-9-13-23-20(15-19)10-14-22(24(23)26)18-7-11-21(12-8-18)29-25(27)28/h2,7-17,25H,1,3-6H2/t16-,17-. The van der Waals surface area contributed by atoms with Gasteiger partial charge in [-0.3, -0.25) is 0 Å². The van der Waals surface area contributed by atoms with E-state index in [2.05, 4.69) is 23.5 Å². The van der Waals surface area contributed by atoms with Gasteiger partial charge in [-0.15, -0.1) is 6.58 Å². The number of fused-ring (bicyclic) bond motifs is 1. The molecule has 0 bridgehead atoms. The van der Waals surface area contributed by atoms with Gasteiger partial charge in [0.1, 0.15) is 11.6 Å². The lowest BCUT2D eigenvalue weighted by Crippen LogP contribution is -2.11. The minimum Gasteiger partial charge on any atom is -0.435 e. The molecule has 3 aromatic carbocycles. The van der Waals surface area contributed by atoms with Crippen molar-refractivity contribution in [3.8, 4) is 16.9 Å². The lowest BCUT2D eigenvalue weighted by molar-refractivity contribution is -0.0498. The van der Waals surface area contributed by atoms with Crippen LogP contribution >= 0.6 is 0 Å². The Hall–Kier alpha value is -2.75. The van der Waals surface area contributed by atoms with Crippen molar-refractivity contribution in [1.29, 1.82) is 0 Å². The fraction of sp³-hybridized carbons (Fsp3) is 0.280. The summed E-state index contributed by atoms with van der Waals surface area (Å²) >= 11 is 0. The van der Waals surface area contributed by atoms with Crippen molar-refractivity contribution < 1.29 is 17.9 Å². The molecule has 0 saturated heterocycles. The molecule has 0 spiro atoms. The topological polar surface area (TPSA) is 9.23 Å². The summed E-state index contributed by atoms with van der Waals surface area (Å²) in [5, 5.41) is 1.45. The molecule has 0 amide bonds. The third-order valence-electron chi connectivity index (χ3n) is 5.95. The van der Waals surface area contributed by atoms with Gasteiger partial charge in [0.15, 0.2) is 0 Å². The van der Waals surface area contributed by atoms with E-state index in [9.17, 15) is 8.78 Å². The molecule has 1 saturated carbocycles. The van der Waals surface area contributed by atoms with Crippen LogP contribution in [-0.2, 0) is 0 Å². The van der Waals surface area contributed by atoms with Crippen LogP contribution in [0.1, 0.15) is 37.2 Å². The molecular formula is C25H23F3O. The van der Waals surface area contributed by atoms with Gasteiger partial charge in [-0.2, -0.15) is 8.78 Å². The predicted molar refractivity (Wildman–Crippen MR) is 111 cm³/mol. The van der Waals surface area contributed by atoms with Crippen LogP contribution in [0.3, 0.4) is 0 Å². The second-order valence-electron chi connectivity index (χ2n) is 7.66. The molecule has 0 atom stereocenters. The van der Waals surface area contributed by atoms with E-state index < -0.39 is 6.61 Å². The van der Waals surface area contributed by atoms with Gasteiger partial charge in [-0.05, 0) is 66.2 Å². The molecule has 150 valence electrons. The van der Waals surface area contributed by atoms with E-state index in [4.69, 9.17) is 0 Å². The molecule has 4 rings (SSSR count). The van der Waals surface area contributed by atoms with Gasteiger partial charge >= 0.3 is 6.61 Å². The third-order valence-corrected chi connectivity index (χ3v) is 5.95. The summed E-state index contributed by atoms with van der Waals surface area (Å²) in [7, 11) is 0. The molecule has 1 nitrogen and oxygen atoms in total. The van der Waals surface area contributed by atoms with E-state index in [0.717, 1.165) is 31.1 Å². The molecule has 1 fully saturated rings. The SMILES string of the molecule is C=C[C@H]1CC[C@H](c2ccc3c(F)c(-c4ccc(OC(F)F)cc4)ccc3c2)CC1. The molecule has 4 heteroatoms. The molecule has 1 aliphatic rings. The van der Waals surface area contributed by atoms with E-state index in [1.54, 1.807) is 18.2 Å². The van der Waals surface area contributed by atoms with E-state index in [1.165, 1.54) is 17.7 Å². The van der Waals surface area contributed by atoms with Crippen LogP contribution in [0.15, 0.2) is 67.3 Å². The number of hydrogen-bond donors (Lipinski definition) is 0. The minimum absolute atomic E-state index is 0.0563. The average molecular weight is 396 g/mol. The Labute approximate surface area is 168 Å². The Balaban J connectivity index is 1.60. The Morgan fingerprint density at radius 1 is 0.931 bits per heavy atom. The second-order valence-corrected chi connectivity index (χ2v) is 7.66. The first-order valence-electron chi connectivity index (χ1n) is 9.95. The molecule has 0 radical (unpaired) electrons. The van der Waals surface area contributed by atoms with Gasteiger partial charge in [0.2, 0.25) is 0 Å². The van der Waals surface area contributed by atoms with Crippen molar-refractivity contribution in [2.75, 3.05) is 0 Å². The van der Waals surface area contributed by atoms with Crippen LogP contribution in [-0.4, -0.2) is 6.61 Å². The number of ether oxygens (including phenoxy) is 1. The zero-order valence-electron chi connectivity index (χ0n) is 16.1. The first-order valence-corrected chi connectivity index (χ1v) is 9.95. The number of allylic oxidation sites excluding steroid dienone is 1. The van der Waals surface area contributed by atoms with Crippen LogP contribution in [0.2, 0.25) is 0 Å². The molecule has 0 unspecified atom stereocenters. The number of rotatable bonds is 5. The molecule has 0 aromatic heterocycles. The highest BCUT2D eigenvalue weighted by Gasteiger charge is 2.21. The second kappa shape index (κ2) is 8.32. The van der Waals surface area contributed by atoms with Crippen molar-refractivity contribution in [2.45, 2.75) is 38.2 Å². The van der Waals surface area contributed by atoms with Crippen molar-refractivity contribution >= 4 is 10.8 Å². The van der Waals surface area contributed by atoms with Crippen molar-refractivity contribution in [3.05, 3.63) is 78.6 Å². The normalized spacial score (nSPS) is 19.4. The summed E-state index contributed by atoms with van der Waals surface area (Å²) in [5.74, 6) is 0.887. The summed E-state index contributed by atoms with van der Waals surface area (Å²) in [5.41, 5.74) is 2.33. The van der Waals surface area contributed by atoms with Gasteiger partial charge in [0.05, 0.1) is 0 Å². The lowest BCUT2D eigenvalue weighted by Gasteiger charge is -2.27. The lowest BCUT2D eigenvalue weighted by atomic mass is 9.78. The highest BCUT2D eigenvalue weighted by molar-refractivity contribution is 5.89. The third kappa shape index (κ3) is 4.16. The van der Waals surface area contributed by atoms with Crippen molar-refractivity contribution in [2.24, 2.45) is 5.92 Å². The van der Waals surface area contributed by atoms with Gasteiger partial charge in [0.25, 0.3) is 0 Å². The van der Waals surface area contributed by atoms with Crippen LogP contribution in [0, 0.1) is 11.7 Å². The fourth-order valence-electron chi connectivity index (χ4n) is 4.29. The molecule has 3 aromatic rings. The van der Waals surface area contributed by atoms with Crippen LogP contribution < -0.4 is 4.74 Å². The fourth-order valence-corrected chi connectivity index (χ4v) is 4.29. The summed E-state index contributed by atoms with van der Waals surface area (Å²) in [6, 6.07) is 15.7. The van der Waals surface area contributed by atoms with Gasteiger partial charge in [0, 0.05) is 10.9 Å². The van der Waals surface area contributed by atoms with E-state index >= 15 is 4.39 Å². The van der Waals surface area contributed by atoms with Crippen molar-refractivity contribution in [1.82, 2.24) is 0 Å². The van der Waals surface area contributed by atoms with E-state index in [1.807, 2.05) is 18.2 Å². The molecule has 1 aliphatic carbocycles. The molecule has 0 aliphatic heterocycles. The van der Waals surface area contributed by atoms with Crippen LogP contribution in [0.25, 0.3) is 21.9 Å². The van der Waals surface area contributed by atoms with Crippen molar-refractivity contribution in [3.63, 3.8) is 0 Å². The van der Waals surface area contributed by atoms with Crippen LogP contribution in [0.5, 0.6) is 5.75 Å². The zero-order valence-corrected chi connectivity index (χ0v) is 16.1. The zero-order chi connectivity index (χ0) is 20.4. The summed E-state index contributed by atoms with van der Waals surface area (Å²) in [6.45, 7) is 1.03. The molecule has 29 heavy (non-hydrogen) atoms. The Bertz CT molecular complexity index is 1000. The number of halogens is 3. The highest BCUT2D eigenvalue weighted by Crippen LogP contribution is 2.38. The van der Waals surface area contributed by atoms with Gasteiger partial charge in [-0.1, -0.05) is 48.5 Å². The quantitative estimate of drug-likeness (QED) is 0.401. The largest absolute Gasteiger partial charge is 0.435 e. The average Bonchev–Trinajstić information content (AvgIpc) is 2.74.